The molecule has 3 rings (SSSR count). The molecule has 126 valence electrons. The van der Waals surface area contributed by atoms with Crippen LogP contribution in [0.15, 0.2) is 53.0 Å². The van der Waals surface area contributed by atoms with E-state index in [0.29, 0.717) is 5.75 Å². The SMILES string of the molecule is COc1cccc(C2=CC(c3cc(Br)ccc3O)[NH2+]C(C)(C)N2)c1. The maximum absolute atomic E-state index is 10.3. The molecule has 1 unspecified atom stereocenters. The summed E-state index contributed by atoms with van der Waals surface area (Å²) in [7, 11) is 1.67. The first-order chi connectivity index (χ1) is 11.4. The quantitative estimate of drug-likeness (QED) is 0.755. The zero-order valence-corrected chi connectivity index (χ0v) is 15.6. The fourth-order valence-corrected chi connectivity index (χ4v) is 3.42. The lowest BCUT2D eigenvalue weighted by atomic mass is 9.96. The monoisotopic (exact) mass is 389 g/mol. The molecule has 0 radical (unpaired) electrons. The normalized spacial score (nSPS) is 19.3. The molecule has 4 N–H and O–H groups in total. The molecule has 0 aliphatic carbocycles. The number of benzene rings is 2. The molecular weight excluding hydrogens is 368 g/mol. The first-order valence-electron chi connectivity index (χ1n) is 7.87. The summed E-state index contributed by atoms with van der Waals surface area (Å²) in [5.74, 6) is 1.13. The molecule has 0 aromatic heterocycles. The summed E-state index contributed by atoms with van der Waals surface area (Å²) in [6.07, 6.45) is 2.14. The standard InChI is InChI=1S/C19H21BrN2O2/c1-19(2)21-16(12-5-4-6-14(9-12)24-3)11-17(22-19)15-10-13(20)7-8-18(15)23/h4-11,17,21-23H,1-3H3/p+1. The lowest BCUT2D eigenvalue weighted by Gasteiger charge is -2.35. The van der Waals surface area contributed by atoms with Crippen LogP contribution < -0.4 is 15.4 Å². The van der Waals surface area contributed by atoms with Crippen molar-refractivity contribution in [1.82, 2.24) is 5.32 Å². The van der Waals surface area contributed by atoms with Crippen LogP contribution in [-0.4, -0.2) is 17.9 Å². The molecule has 1 heterocycles. The highest BCUT2D eigenvalue weighted by Gasteiger charge is 2.33. The Morgan fingerprint density at radius 3 is 2.75 bits per heavy atom. The van der Waals surface area contributed by atoms with Gasteiger partial charge in [-0.3, -0.25) is 0 Å². The summed E-state index contributed by atoms with van der Waals surface area (Å²) >= 11 is 3.49. The van der Waals surface area contributed by atoms with E-state index < -0.39 is 0 Å². The van der Waals surface area contributed by atoms with Crippen LogP contribution in [-0.2, 0) is 0 Å². The van der Waals surface area contributed by atoms with Gasteiger partial charge in [0.1, 0.15) is 17.5 Å². The first kappa shape index (κ1) is 16.9. The molecule has 0 saturated carbocycles. The van der Waals surface area contributed by atoms with Gasteiger partial charge >= 0.3 is 0 Å². The van der Waals surface area contributed by atoms with Crippen LogP contribution in [0.3, 0.4) is 0 Å². The molecule has 1 atom stereocenters. The molecule has 0 fully saturated rings. The minimum absolute atomic E-state index is 0.0138. The molecule has 2 aromatic carbocycles. The third kappa shape index (κ3) is 3.57. The molecule has 5 heteroatoms. The number of methoxy groups -OCH3 is 1. The van der Waals surface area contributed by atoms with Crippen molar-refractivity contribution in [3.05, 3.63) is 64.1 Å². The van der Waals surface area contributed by atoms with Crippen LogP contribution in [0, 0.1) is 0 Å². The third-order valence-electron chi connectivity index (χ3n) is 4.13. The largest absolute Gasteiger partial charge is 0.507 e. The summed E-state index contributed by atoms with van der Waals surface area (Å²) in [6.45, 7) is 4.25. The zero-order valence-electron chi connectivity index (χ0n) is 14.0. The van der Waals surface area contributed by atoms with Gasteiger partial charge in [0.15, 0.2) is 5.66 Å². The number of phenolic OH excluding ortho intramolecular Hbond substituents is 1. The smallest absolute Gasteiger partial charge is 0.164 e. The summed E-state index contributed by atoms with van der Waals surface area (Å²) in [5, 5.41) is 16.0. The highest BCUT2D eigenvalue weighted by molar-refractivity contribution is 9.10. The predicted molar refractivity (Wildman–Crippen MR) is 98.7 cm³/mol. The van der Waals surface area contributed by atoms with Gasteiger partial charge in [-0.05, 0) is 30.3 Å². The Balaban J connectivity index is 2.05. The number of phenols is 1. The van der Waals surface area contributed by atoms with E-state index in [1.54, 1.807) is 13.2 Å². The van der Waals surface area contributed by atoms with E-state index >= 15 is 0 Å². The van der Waals surface area contributed by atoms with Crippen LogP contribution in [0.4, 0.5) is 0 Å². The van der Waals surface area contributed by atoms with Crippen molar-refractivity contribution in [3.63, 3.8) is 0 Å². The van der Waals surface area contributed by atoms with Gasteiger partial charge in [0.2, 0.25) is 0 Å². The maximum Gasteiger partial charge on any atom is 0.164 e. The number of ether oxygens (including phenoxy) is 1. The summed E-state index contributed by atoms with van der Waals surface area (Å²) < 4.78 is 6.29. The Kier molecular flexibility index (Phi) is 4.56. The Labute approximate surface area is 150 Å². The Morgan fingerprint density at radius 2 is 2.00 bits per heavy atom. The Hall–Kier alpha value is -1.98. The van der Waals surface area contributed by atoms with Crippen molar-refractivity contribution in [1.29, 1.82) is 0 Å². The van der Waals surface area contributed by atoms with E-state index in [1.807, 2.05) is 30.3 Å². The van der Waals surface area contributed by atoms with Gasteiger partial charge in [-0.25, -0.2) is 0 Å². The topological polar surface area (TPSA) is 58.1 Å². The van der Waals surface area contributed by atoms with Gasteiger partial charge < -0.3 is 20.5 Å². The predicted octanol–water partition coefficient (Wildman–Crippen LogP) is 3.15. The van der Waals surface area contributed by atoms with Crippen molar-refractivity contribution in [2.45, 2.75) is 25.6 Å². The summed E-state index contributed by atoms with van der Waals surface area (Å²) in [6, 6.07) is 13.5. The lowest BCUT2D eigenvalue weighted by molar-refractivity contribution is -0.754. The van der Waals surface area contributed by atoms with Crippen LogP contribution >= 0.6 is 15.9 Å². The highest BCUT2D eigenvalue weighted by atomic mass is 79.9. The number of halogens is 1. The summed E-state index contributed by atoms with van der Waals surface area (Å²) in [5.41, 5.74) is 2.78. The third-order valence-corrected chi connectivity index (χ3v) is 4.62. The molecule has 1 aliphatic rings. The average molecular weight is 390 g/mol. The molecule has 1 aliphatic heterocycles. The van der Waals surface area contributed by atoms with E-state index in [2.05, 4.69) is 52.6 Å². The minimum atomic E-state index is -0.202. The second-order valence-corrected chi connectivity index (χ2v) is 7.47. The highest BCUT2D eigenvalue weighted by Crippen LogP contribution is 2.31. The van der Waals surface area contributed by atoms with E-state index in [4.69, 9.17) is 4.74 Å². The first-order valence-corrected chi connectivity index (χ1v) is 8.66. The maximum atomic E-state index is 10.3. The number of nitrogens with two attached hydrogens (primary N) is 1. The van der Waals surface area contributed by atoms with Gasteiger partial charge in [-0.2, -0.15) is 0 Å². The van der Waals surface area contributed by atoms with E-state index in [0.717, 1.165) is 27.0 Å². The second-order valence-electron chi connectivity index (χ2n) is 6.55. The van der Waals surface area contributed by atoms with Gasteiger partial charge in [0, 0.05) is 35.7 Å². The fourth-order valence-electron chi connectivity index (χ4n) is 3.04. The van der Waals surface area contributed by atoms with Crippen LogP contribution in [0.5, 0.6) is 11.5 Å². The van der Waals surface area contributed by atoms with Gasteiger partial charge in [0.05, 0.1) is 12.7 Å². The number of aromatic hydroxyl groups is 1. The molecule has 0 bridgehead atoms. The second kappa shape index (κ2) is 6.49. The van der Waals surface area contributed by atoms with Crippen molar-refractivity contribution in [2.75, 3.05) is 7.11 Å². The Morgan fingerprint density at radius 1 is 1.21 bits per heavy atom. The number of hydrogen-bond donors (Lipinski definition) is 3. The van der Waals surface area contributed by atoms with Gasteiger partial charge in [0.25, 0.3) is 0 Å². The van der Waals surface area contributed by atoms with Crippen LogP contribution in [0.25, 0.3) is 5.70 Å². The zero-order chi connectivity index (χ0) is 17.3. The van der Waals surface area contributed by atoms with E-state index in [1.165, 1.54) is 0 Å². The van der Waals surface area contributed by atoms with Gasteiger partial charge in [-0.15, -0.1) is 0 Å². The van der Waals surface area contributed by atoms with E-state index in [-0.39, 0.29) is 11.7 Å². The minimum Gasteiger partial charge on any atom is -0.507 e. The number of quaternary nitrogens is 1. The van der Waals surface area contributed by atoms with Crippen molar-refractivity contribution in [2.24, 2.45) is 0 Å². The molecular formula is C19H22BrN2O2+. The molecule has 4 nitrogen and oxygen atoms in total. The number of rotatable bonds is 3. The van der Waals surface area contributed by atoms with Crippen molar-refractivity contribution < 1.29 is 15.2 Å². The molecule has 2 aromatic rings. The number of nitrogens with one attached hydrogen (secondary N) is 1. The van der Waals surface area contributed by atoms with Crippen LogP contribution in [0.1, 0.15) is 31.0 Å². The molecule has 0 spiro atoms. The Bertz CT molecular complexity index is 787. The fraction of sp³-hybridized carbons (Fsp3) is 0.263. The molecule has 0 amide bonds. The molecule has 24 heavy (non-hydrogen) atoms. The van der Waals surface area contributed by atoms with E-state index in [9.17, 15) is 5.11 Å². The summed E-state index contributed by atoms with van der Waals surface area (Å²) in [4.78, 5) is 0. The van der Waals surface area contributed by atoms with Crippen molar-refractivity contribution >= 4 is 21.6 Å². The lowest BCUT2D eigenvalue weighted by Crippen LogP contribution is -3.00. The van der Waals surface area contributed by atoms with Crippen LogP contribution in [0.2, 0.25) is 0 Å². The average Bonchev–Trinajstić information content (AvgIpc) is 2.55. The van der Waals surface area contributed by atoms with Crippen molar-refractivity contribution in [3.8, 4) is 11.5 Å². The van der Waals surface area contributed by atoms with Gasteiger partial charge in [-0.1, -0.05) is 28.1 Å². The number of hydrogen-bond acceptors (Lipinski definition) is 3. The molecule has 0 saturated heterocycles.